The molecule has 0 fully saturated rings. The molecule has 0 heterocycles. The molecule has 0 aliphatic rings. The molecule has 0 nitrogen and oxygen atoms in total. The standard InChI is InChI=1S/C11H15Br/c1-11(2,12)9-8-10-6-4-3-5-7-10/h3-7H,8-9H2,1-2H3. The molecule has 0 aliphatic heterocycles. The lowest BCUT2D eigenvalue weighted by atomic mass is 10.0. The molecular weight excluding hydrogens is 212 g/mol. The van der Waals surface area contributed by atoms with Crippen LogP contribution in [0.15, 0.2) is 30.3 Å². The number of hydrogen-bond donors (Lipinski definition) is 0. The Balaban J connectivity index is 2.44. The van der Waals surface area contributed by atoms with E-state index < -0.39 is 0 Å². The molecule has 66 valence electrons. The minimum atomic E-state index is 0.267. The Morgan fingerprint density at radius 1 is 1.17 bits per heavy atom. The van der Waals surface area contributed by atoms with Crippen LogP contribution in [0.1, 0.15) is 25.8 Å². The summed E-state index contributed by atoms with van der Waals surface area (Å²) in [6, 6.07) is 10.6. The second-order valence-corrected chi connectivity index (χ2v) is 5.85. The van der Waals surface area contributed by atoms with E-state index in [2.05, 4.69) is 60.1 Å². The summed E-state index contributed by atoms with van der Waals surface area (Å²) in [5.74, 6) is 0. The molecule has 1 rings (SSSR count). The van der Waals surface area contributed by atoms with Crippen molar-refractivity contribution in [1.82, 2.24) is 0 Å². The van der Waals surface area contributed by atoms with Gasteiger partial charge in [0.15, 0.2) is 0 Å². The molecule has 12 heavy (non-hydrogen) atoms. The fourth-order valence-electron chi connectivity index (χ4n) is 1.09. The number of aryl methyl sites for hydroxylation is 1. The Bertz CT molecular complexity index is 221. The number of halogens is 1. The summed E-state index contributed by atoms with van der Waals surface area (Å²) in [5, 5.41) is 0. The third-order valence-corrected chi connectivity index (χ3v) is 2.25. The van der Waals surface area contributed by atoms with Crippen molar-refractivity contribution in [1.29, 1.82) is 0 Å². The minimum absolute atomic E-state index is 0.267. The summed E-state index contributed by atoms with van der Waals surface area (Å²) in [5.41, 5.74) is 1.42. The van der Waals surface area contributed by atoms with E-state index in [9.17, 15) is 0 Å². The van der Waals surface area contributed by atoms with Gasteiger partial charge in [-0.2, -0.15) is 0 Å². The largest absolute Gasteiger partial charge is 0.0859 e. The van der Waals surface area contributed by atoms with Crippen molar-refractivity contribution >= 4 is 15.9 Å². The number of benzene rings is 1. The predicted molar refractivity (Wildman–Crippen MR) is 57.8 cm³/mol. The average molecular weight is 227 g/mol. The summed E-state index contributed by atoms with van der Waals surface area (Å²) < 4.78 is 0.267. The lowest BCUT2D eigenvalue weighted by Crippen LogP contribution is -2.10. The first-order valence-electron chi connectivity index (χ1n) is 4.31. The Morgan fingerprint density at radius 2 is 1.75 bits per heavy atom. The molecule has 0 unspecified atom stereocenters. The first-order chi connectivity index (χ1) is 5.58. The summed E-state index contributed by atoms with van der Waals surface area (Å²) in [6.07, 6.45) is 2.33. The van der Waals surface area contributed by atoms with Gasteiger partial charge in [-0.15, -0.1) is 0 Å². The maximum absolute atomic E-state index is 3.64. The second kappa shape index (κ2) is 4.08. The molecule has 0 bridgehead atoms. The van der Waals surface area contributed by atoms with Crippen molar-refractivity contribution in [3.05, 3.63) is 35.9 Å². The maximum Gasteiger partial charge on any atom is 0.0204 e. The van der Waals surface area contributed by atoms with Gasteiger partial charge in [-0.05, 0) is 18.4 Å². The van der Waals surface area contributed by atoms with E-state index in [4.69, 9.17) is 0 Å². The number of alkyl halides is 1. The summed E-state index contributed by atoms with van der Waals surface area (Å²) >= 11 is 3.64. The summed E-state index contributed by atoms with van der Waals surface area (Å²) in [6.45, 7) is 4.41. The molecule has 0 amide bonds. The molecule has 0 aliphatic carbocycles. The third-order valence-electron chi connectivity index (χ3n) is 1.85. The molecule has 0 atom stereocenters. The van der Waals surface area contributed by atoms with Crippen molar-refractivity contribution in [2.24, 2.45) is 0 Å². The van der Waals surface area contributed by atoms with Crippen LogP contribution < -0.4 is 0 Å². The van der Waals surface area contributed by atoms with Gasteiger partial charge in [0, 0.05) is 4.32 Å². The van der Waals surface area contributed by atoms with Crippen LogP contribution in [-0.2, 0) is 6.42 Å². The zero-order chi connectivity index (χ0) is 9.03. The Kier molecular flexibility index (Phi) is 3.33. The second-order valence-electron chi connectivity index (χ2n) is 3.70. The predicted octanol–water partition coefficient (Wildman–Crippen LogP) is 3.79. The fourth-order valence-corrected chi connectivity index (χ4v) is 1.28. The van der Waals surface area contributed by atoms with Gasteiger partial charge in [-0.1, -0.05) is 60.1 Å². The Labute approximate surface area is 83.1 Å². The summed E-state index contributed by atoms with van der Waals surface area (Å²) in [4.78, 5) is 0. The van der Waals surface area contributed by atoms with E-state index in [0.29, 0.717) is 0 Å². The molecule has 1 heteroatoms. The van der Waals surface area contributed by atoms with E-state index in [1.807, 2.05) is 0 Å². The minimum Gasteiger partial charge on any atom is -0.0859 e. The van der Waals surface area contributed by atoms with Gasteiger partial charge in [0.2, 0.25) is 0 Å². The maximum atomic E-state index is 3.64. The normalized spacial score (nSPS) is 11.6. The topological polar surface area (TPSA) is 0 Å². The van der Waals surface area contributed by atoms with Crippen LogP contribution in [0.3, 0.4) is 0 Å². The SMILES string of the molecule is CC(C)(Br)CCc1ccccc1. The Morgan fingerprint density at radius 3 is 2.25 bits per heavy atom. The number of hydrogen-bond acceptors (Lipinski definition) is 0. The highest BCUT2D eigenvalue weighted by molar-refractivity contribution is 9.10. The average Bonchev–Trinajstić information content (AvgIpc) is 2.02. The first kappa shape index (κ1) is 9.79. The van der Waals surface area contributed by atoms with Crippen LogP contribution >= 0.6 is 15.9 Å². The van der Waals surface area contributed by atoms with Crippen molar-refractivity contribution in [3.8, 4) is 0 Å². The van der Waals surface area contributed by atoms with Crippen LogP contribution in [-0.4, -0.2) is 4.32 Å². The molecule has 1 aromatic carbocycles. The highest BCUT2D eigenvalue weighted by Crippen LogP contribution is 2.22. The lowest BCUT2D eigenvalue weighted by molar-refractivity contribution is 0.653. The molecule has 0 N–H and O–H groups in total. The van der Waals surface area contributed by atoms with Crippen molar-refractivity contribution in [2.45, 2.75) is 31.0 Å². The lowest BCUT2D eigenvalue weighted by Gasteiger charge is -2.15. The summed E-state index contributed by atoms with van der Waals surface area (Å²) in [7, 11) is 0. The Hall–Kier alpha value is -0.300. The van der Waals surface area contributed by atoms with Crippen LogP contribution in [0.25, 0.3) is 0 Å². The van der Waals surface area contributed by atoms with Crippen LogP contribution in [0.4, 0.5) is 0 Å². The van der Waals surface area contributed by atoms with Gasteiger partial charge in [0.05, 0.1) is 0 Å². The van der Waals surface area contributed by atoms with E-state index in [1.165, 1.54) is 12.0 Å². The smallest absolute Gasteiger partial charge is 0.0204 e. The monoisotopic (exact) mass is 226 g/mol. The van der Waals surface area contributed by atoms with E-state index in [0.717, 1.165) is 6.42 Å². The van der Waals surface area contributed by atoms with E-state index in [1.54, 1.807) is 0 Å². The van der Waals surface area contributed by atoms with Gasteiger partial charge >= 0.3 is 0 Å². The van der Waals surface area contributed by atoms with Crippen molar-refractivity contribution < 1.29 is 0 Å². The zero-order valence-electron chi connectivity index (χ0n) is 7.68. The van der Waals surface area contributed by atoms with Crippen LogP contribution in [0.5, 0.6) is 0 Å². The highest BCUT2D eigenvalue weighted by Gasteiger charge is 2.11. The van der Waals surface area contributed by atoms with Gasteiger partial charge in [-0.25, -0.2) is 0 Å². The highest BCUT2D eigenvalue weighted by atomic mass is 79.9. The number of rotatable bonds is 3. The van der Waals surface area contributed by atoms with Gasteiger partial charge in [-0.3, -0.25) is 0 Å². The molecule has 0 saturated carbocycles. The molecule has 0 spiro atoms. The molecule has 0 aromatic heterocycles. The van der Waals surface area contributed by atoms with Crippen LogP contribution in [0, 0.1) is 0 Å². The molecule has 1 aromatic rings. The van der Waals surface area contributed by atoms with Gasteiger partial charge in [0.1, 0.15) is 0 Å². The van der Waals surface area contributed by atoms with Crippen LogP contribution in [0.2, 0.25) is 0 Å². The van der Waals surface area contributed by atoms with Gasteiger partial charge < -0.3 is 0 Å². The zero-order valence-corrected chi connectivity index (χ0v) is 9.26. The van der Waals surface area contributed by atoms with E-state index in [-0.39, 0.29) is 4.32 Å². The van der Waals surface area contributed by atoms with Gasteiger partial charge in [0.25, 0.3) is 0 Å². The molecule has 0 radical (unpaired) electrons. The van der Waals surface area contributed by atoms with E-state index >= 15 is 0 Å². The molecule has 0 saturated heterocycles. The quantitative estimate of drug-likeness (QED) is 0.689. The molecular formula is C11H15Br. The fraction of sp³-hybridized carbons (Fsp3) is 0.455. The third kappa shape index (κ3) is 3.91. The first-order valence-corrected chi connectivity index (χ1v) is 5.10. The van der Waals surface area contributed by atoms with Crippen molar-refractivity contribution in [3.63, 3.8) is 0 Å². The van der Waals surface area contributed by atoms with Crippen molar-refractivity contribution in [2.75, 3.05) is 0 Å².